The number of aliphatic hydroxyl groups is 1. The van der Waals surface area contributed by atoms with Crippen molar-refractivity contribution in [2.75, 3.05) is 45.7 Å². The Hall–Kier alpha value is -3.65. The number of rotatable bonds is 6. The number of para-hydroxylation sites is 1. The largest absolute Gasteiger partial charge is 0.507 e. The third kappa shape index (κ3) is 3.29. The van der Waals surface area contributed by atoms with Crippen LogP contribution >= 0.6 is 0 Å². The Morgan fingerprint density at radius 2 is 1.73 bits per heavy atom. The summed E-state index contributed by atoms with van der Waals surface area (Å²) < 4.78 is 5.45. The van der Waals surface area contributed by atoms with Crippen molar-refractivity contribution in [2.24, 2.45) is 0 Å². The predicted octanol–water partition coefficient (Wildman–Crippen LogP) is 2.20. The maximum absolute atomic E-state index is 13.8. The van der Waals surface area contributed by atoms with Crippen LogP contribution in [0, 0.1) is 0 Å². The minimum atomic E-state index is -1.72. The molecule has 1 saturated heterocycles. The Morgan fingerprint density at radius 3 is 2.36 bits per heavy atom. The van der Waals surface area contributed by atoms with Crippen LogP contribution in [0.15, 0.2) is 54.1 Å². The van der Waals surface area contributed by atoms with E-state index in [0.29, 0.717) is 35.7 Å². The van der Waals surface area contributed by atoms with E-state index in [-0.39, 0.29) is 17.9 Å². The van der Waals surface area contributed by atoms with Crippen LogP contribution in [0.4, 0.5) is 5.69 Å². The third-order valence-corrected chi connectivity index (χ3v) is 6.15. The molecular formula is C25H27N3O5. The third-order valence-electron chi connectivity index (χ3n) is 6.15. The molecule has 2 aliphatic heterocycles. The van der Waals surface area contributed by atoms with Crippen molar-refractivity contribution in [1.82, 2.24) is 9.80 Å². The lowest BCUT2D eigenvalue weighted by molar-refractivity contribution is -0.143. The number of benzene rings is 2. The summed E-state index contributed by atoms with van der Waals surface area (Å²) in [6.45, 7) is 2.94. The van der Waals surface area contributed by atoms with Crippen LogP contribution in [0.5, 0.6) is 5.75 Å². The SMILES string of the molecule is CCOc1ccc(/C(O)=C2/C(=O)C(=O)N(CCN(C)C)C23C(=O)N(C)c2ccccc23)cc1. The zero-order chi connectivity index (χ0) is 23.9. The summed E-state index contributed by atoms with van der Waals surface area (Å²) in [6, 6.07) is 13.6. The van der Waals surface area contributed by atoms with Crippen molar-refractivity contribution < 1.29 is 24.2 Å². The Bertz CT molecular complexity index is 1150. The number of anilines is 1. The Morgan fingerprint density at radius 1 is 1.06 bits per heavy atom. The maximum Gasteiger partial charge on any atom is 0.296 e. The van der Waals surface area contributed by atoms with Crippen molar-refractivity contribution in [1.29, 1.82) is 0 Å². The molecule has 33 heavy (non-hydrogen) atoms. The van der Waals surface area contributed by atoms with Crippen LogP contribution in [-0.2, 0) is 19.9 Å². The molecule has 2 heterocycles. The van der Waals surface area contributed by atoms with Gasteiger partial charge in [-0.05, 0) is 51.4 Å². The fourth-order valence-electron chi connectivity index (χ4n) is 4.59. The smallest absolute Gasteiger partial charge is 0.296 e. The molecule has 2 amide bonds. The first-order valence-corrected chi connectivity index (χ1v) is 10.8. The molecule has 1 unspecified atom stereocenters. The second-order valence-corrected chi connectivity index (χ2v) is 8.36. The number of nitrogens with zero attached hydrogens (tertiary/aromatic N) is 3. The number of carbonyl (C=O) groups excluding carboxylic acids is 3. The molecule has 172 valence electrons. The molecule has 4 rings (SSSR count). The van der Waals surface area contributed by atoms with E-state index in [0.717, 1.165) is 0 Å². The van der Waals surface area contributed by atoms with Crippen molar-refractivity contribution in [3.05, 3.63) is 65.2 Å². The van der Waals surface area contributed by atoms with Gasteiger partial charge in [0.25, 0.3) is 17.6 Å². The second kappa shape index (κ2) is 8.37. The zero-order valence-corrected chi connectivity index (χ0v) is 19.2. The molecule has 1 atom stereocenters. The topological polar surface area (TPSA) is 90.4 Å². The van der Waals surface area contributed by atoms with E-state index < -0.39 is 23.1 Å². The number of carbonyl (C=O) groups is 3. The van der Waals surface area contributed by atoms with Crippen LogP contribution in [-0.4, -0.2) is 73.3 Å². The highest BCUT2D eigenvalue weighted by Crippen LogP contribution is 2.53. The maximum atomic E-state index is 13.8. The lowest BCUT2D eigenvalue weighted by atomic mass is 9.82. The Labute approximate surface area is 192 Å². The zero-order valence-electron chi connectivity index (χ0n) is 19.2. The van der Waals surface area contributed by atoms with Gasteiger partial charge in [0, 0.05) is 37.0 Å². The molecule has 8 nitrogen and oxygen atoms in total. The summed E-state index contributed by atoms with van der Waals surface area (Å²) in [5.74, 6) is -1.91. The number of Topliss-reactive ketones (excluding diaryl/α,β-unsaturated/α-hetero) is 1. The number of fused-ring (bicyclic) bond motifs is 2. The van der Waals surface area contributed by atoms with Gasteiger partial charge in [0.15, 0.2) is 5.54 Å². The van der Waals surface area contributed by atoms with Gasteiger partial charge in [-0.25, -0.2) is 0 Å². The van der Waals surface area contributed by atoms with Gasteiger partial charge in [0.1, 0.15) is 11.5 Å². The van der Waals surface area contributed by atoms with Crippen molar-refractivity contribution >= 4 is 29.0 Å². The first-order valence-electron chi connectivity index (χ1n) is 10.8. The monoisotopic (exact) mass is 449 g/mol. The van der Waals surface area contributed by atoms with Gasteiger partial charge in [-0.15, -0.1) is 0 Å². The van der Waals surface area contributed by atoms with Gasteiger partial charge in [-0.2, -0.15) is 0 Å². The number of amides is 2. The Balaban J connectivity index is 1.97. The molecule has 1 fully saturated rings. The number of ether oxygens (including phenoxy) is 1. The summed E-state index contributed by atoms with van der Waals surface area (Å²) in [6.07, 6.45) is 0. The van der Waals surface area contributed by atoms with E-state index in [9.17, 15) is 19.5 Å². The first kappa shape index (κ1) is 22.5. The lowest BCUT2D eigenvalue weighted by Gasteiger charge is -2.34. The molecule has 0 radical (unpaired) electrons. The van der Waals surface area contributed by atoms with Crippen molar-refractivity contribution in [3.8, 4) is 5.75 Å². The average Bonchev–Trinajstić information content (AvgIpc) is 3.16. The van der Waals surface area contributed by atoms with Gasteiger partial charge >= 0.3 is 0 Å². The standard InChI is InChI=1S/C25H27N3O5/c1-5-33-17-12-10-16(11-13-17)21(29)20-22(30)23(31)28(15-14-26(2)3)25(20)18-8-6-7-9-19(18)27(4)24(25)32/h6-13,29H,5,14-15H2,1-4H3/b21-20+. The van der Waals surface area contributed by atoms with Crippen LogP contribution < -0.4 is 9.64 Å². The normalized spacial score (nSPS) is 21.4. The first-order chi connectivity index (χ1) is 15.7. The molecule has 1 spiro atoms. The number of ketones is 1. The van der Waals surface area contributed by atoms with E-state index in [1.54, 1.807) is 55.6 Å². The summed E-state index contributed by atoms with van der Waals surface area (Å²) in [5.41, 5.74) is -0.515. The van der Waals surface area contributed by atoms with Gasteiger partial charge < -0.3 is 24.5 Å². The molecule has 0 saturated carbocycles. The molecule has 0 aromatic heterocycles. The minimum Gasteiger partial charge on any atom is -0.507 e. The van der Waals surface area contributed by atoms with Crippen LogP contribution in [0.1, 0.15) is 18.1 Å². The van der Waals surface area contributed by atoms with Crippen LogP contribution in [0.3, 0.4) is 0 Å². The summed E-state index contributed by atoms with van der Waals surface area (Å²) in [5, 5.41) is 11.3. The van der Waals surface area contributed by atoms with Crippen LogP contribution in [0.25, 0.3) is 5.76 Å². The molecule has 2 aliphatic rings. The van der Waals surface area contributed by atoms with E-state index in [2.05, 4.69) is 0 Å². The molecule has 2 aromatic rings. The van der Waals surface area contributed by atoms with Gasteiger partial charge in [0.05, 0.1) is 12.2 Å². The number of aliphatic hydroxyl groups excluding tert-OH is 1. The molecule has 2 aromatic carbocycles. The predicted molar refractivity (Wildman–Crippen MR) is 124 cm³/mol. The van der Waals surface area contributed by atoms with Gasteiger partial charge in [-0.3, -0.25) is 14.4 Å². The fraction of sp³-hybridized carbons (Fsp3) is 0.320. The lowest BCUT2D eigenvalue weighted by Crippen LogP contribution is -2.52. The van der Waals surface area contributed by atoms with Gasteiger partial charge in [-0.1, -0.05) is 18.2 Å². The number of likely N-dealkylation sites (tertiary alicyclic amines) is 1. The minimum absolute atomic E-state index is 0.144. The van der Waals surface area contributed by atoms with Gasteiger partial charge in [0.2, 0.25) is 0 Å². The molecule has 0 aliphatic carbocycles. The highest BCUT2D eigenvalue weighted by atomic mass is 16.5. The highest BCUT2D eigenvalue weighted by Gasteiger charge is 2.66. The molecular weight excluding hydrogens is 422 g/mol. The van der Waals surface area contributed by atoms with Crippen LogP contribution in [0.2, 0.25) is 0 Å². The van der Waals surface area contributed by atoms with E-state index >= 15 is 0 Å². The Kier molecular flexibility index (Phi) is 5.71. The van der Waals surface area contributed by atoms with Crippen molar-refractivity contribution in [3.63, 3.8) is 0 Å². The molecule has 1 N–H and O–H groups in total. The number of hydrogen-bond acceptors (Lipinski definition) is 6. The quantitative estimate of drug-likeness (QED) is 0.413. The summed E-state index contributed by atoms with van der Waals surface area (Å²) in [4.78, 5) is 45.0. The highest BCUT2D eigenvalue weighted by molar-refractivity contribution is 6.50. The molecule has 0 bridgehead atoms. The average molecular weight is 450 g/mol. The fourth-order valence-corrected chi connectivity index (χ4v) is 4.59. The number of likely N-dealkylation sites (N-methyl/N-ethyl adjacent to an activating group) is 2. The van der Waals surface area contributed by atoms with E-state index in [4.69, 9.17) is 4.74 Å². The van der Waals surface area contributed by atoms with Crippen molar-refractivity contribution in [2.45, 2.75) is 12.5 Å². The summed E-state index contributed by atoms with van der Waals surface area (Å²) >= 11 is 0. The summed E-state index contributed by atoms with van der Waals surface area (Å²) in [7, 11) is 5.30. The van der Waals surface area contributed by atoms with E-state index in [1.165, 1.54) is 9.80 Å². The second-order valence-electron chi connectivity index (χ2n) is 8.36. The number of hydrogen-bond donors (Lipinski definition) is 1. The van der Waals surface area contributed by atoms with E-state index in [1.807, 2.05) is 25.9 Å². The molecule has 8 heteroatoms.